The standard InChI is InChI=1S/C18H25N3O5S/c1-14-13-19(11-8-18(14)22)16-7-6-15(12-17(16)21(23)24)27(25,26)20-9-4-2-3-5-10-20/h6-7,12,14H,2-5,8-11,13H2,1H3. The van der Waals surface area contributed by atoms with Crippen molar-refractivity contribution in [2.45, 2.75) is 43.9 Å². The molecule has 1 aromatic carbocycles. The van der Waals surface area contributed by atoms with E-state index in [2.05, 4.69) is 0 Å². The molecular formula is C18H25N3O5S. The zero-order chi connectivity index (χ0) is 19.6. The van der Waals surface area contributed by atoms with E-state index in [0.717, 1.165) is 31.7 Å². The van der Waals surface area contributed by atoms with Crippen molar-refractivity contribution in [1.29, 1.82) is 0 Å². The highest BCUT2D eigenvalue weighted by atomic mass is 32.2. The first kappa shape index (κ1) is 19.8. The number of ketones is 1. The summed E-state index contributed by atoms with van der Waals surface area (Å²) in [6.45, 7) is 3.51. The van der Waals surface area contributed by atoms with Crippen molar-refractivity contribution >= 4 is 27.2 Å². The van der Waals surface area contributed by atoms with Crippen molar-refractivity contribution < 1.29 is 18.1 Å². The summed E-state index contributed by atoms with van der Waals surface area (Å²) in [5.74, 6) is -0.0480. The number of anilines is 1. The third-order valence-corrected chi connectivity index (χ3v) is 7.25. The fraction of sp³-hybridized carbons (Fsp3) is 0.611. The Morgan fingerprint density at radius 1 is 1.11 bits per heavy atom. The average molecular weight is 395 g/mol. The second-order valence-corrected chi connectivity index (χ2v) is 9.23. The van der Waals surface area contributed by atoms with Gasteiger partial charge in [0, 0.05) is 44.6 Å². The molecule has 1 atom stereocenters. The summed E-state index contributed by atoms with van der Waals surface area (Å²) in [5.41, 5.74) is 0.140. The van der Waals surface area contributed by atoms with Crippen LogP contribution in [-0.4, -0.2) is 49.6 Å². The number of benzene rings is 1. The van der Waals surface area contributed by atoms with Gasteiger partial charge in [-0.1, -0.05) is 19.8 Å². The molecular weight excluding hydrogens is 370 g/mol. The molecule has 2 heterocycles. The highest BCUT2D eigenvalue weighted by Crippen LogP contribution is 2.34. The van der Waals surface area contributed by atoms with Crippen LogP contribution in [0.2, 0.25) is 0 Å². The molecule has 1 unspecified atom stereocenters. The fourth-order valence-corrected chi connectivity index (χ4v) is 5.28. The molecule has 2 aliphatic rings. The number of nitro benzene ring substituents is 1. The maximum absolute atomic E-state index is 12.9. The van der Waals surface area contributed by atoms with Crippen LogP contribution < -0.4 is 4.90 Å². The molecule has 0 radical (unpaired) electrons. The van der Waals surface area contributed by atoms with Crippen LogP contribution >= 0.6 is 0 Å². The Balaban J connectivity index is 1.94. The summed E-state index contributed by atoms with van der Waals surface area (Å²) in [4.78, 5) is 24.6. The quantitative estimate of drug-likeness (QED) is 0.574. The molecule has 3 rings (SSSR count). The first-order valence-electron chi connectivity index (χ1n) is 9.37. The van der Waals surface area contributed by atoms with Gasteiger partial charge < -0.3 is 4.90 Å². The average Bonchev–Trinajstić information content (AvgIpc) is 2.93. The van der Waals surface area contributed by atoms with E-state index < -0.39 is 14.9 Å². The van der Waals surface area contributed by atoms with E-state index in [9.17, 15) is 23.3 Å². The number of hydrogen-bond donors (Lipinski definition) is 0. The lowest BCUT2D eigenvalue weighted by Gasteiger charge is -2.31. The van der Waals surface area contributed by atoms with Crippen LogP contribution in [0.4, 0.5) is 11.4 Å². The summed E-state index contributed by atoms with van der Waals surface area (Å²) in [7, 11) is -3.75. The van der Waals surface area contributed by atoms with Gasteiger partial charge >= 0.3 is 0 Å². The van der Waals surface area contributed by atoms with Crippen molar-refractivity contribution in [3.63, 3.8) is 0 Å². The lowest BCUT2D eigenvalue weighted by atomic mass is 9.98. The lowest BCUT2D eigenvalue weighted by molar-refractivity contribution is -0.384. The zero-order valence-electron chi connectivity index (χ0n) is 15.5. The Kier molecular flexibility index (Phi) is 5.81. The molecule has 8 nitrogen and oxygen atoms in total. The summed E-state index contributed by atoms with van der Waals surface area (Å²) in [5, 5.41) is 11.6. The van der Waals surface area contributed by atoms with Crippen molar-refractivity contribution in [1.82, 2.24) is 4.31 Å². The molecule has 0 bridgehead atoms. The summed E-state index contributed by atoms with van der Waals surface area (Å²) in [6.07, 6.45) is 3.94. The molecule has 9 heteroatoms. The number of carbonyl (C=O) groups excluding carboxylic acids is 1. The van der Waals surface area contributed by atoms with Crippen LogP contribution in [0.1, 0.15) is 39.0 Å². The molecule has 0 N–H and O–H groups in total. The number of carbonyl (C=O) groups is 1. The molecule has 2 saturated heterocycles. The molecule has 2 fully saturated rings. The predicted molar refractivity (Wildman–Crippen MR) is 101 cm³/mol. The molecule has 0 spiro atoms. The van der Waals surface area contributed by atoms with Crippen LogP contribution in [0.5, 0.6) is 0 Å². The molecule has 0 aliphatic carbocycles. The number of hydrogen-bond acceptors (Lipinski definition) is 6. The largest absolute Gasteiger partial charge is 0.365 e. The molecule has 2 aliphatic heterocycles. The first-order valence-corrected chi connectivity index (χ1v) is 10.8. The second-order valence-electron chi connectivity index (χ2n) is 7.29. The molecule has 0 aromatic heterocycles. The summed E-state index contributed by atoms with van der Waals surface area (Å²) in [6, 6.07) is 4.12. The van der Waals surface area contributed by atoms with Gasteiger partial charge in [-0.3, -0.25) is 14.9 Å². The van der Waals surface area contributed by atoms with Gasteiger partial charge in [-0.2, -0.15) is 4.31 Å². The number of Topliss-reactive ketones (excluding diaryl/α,β-unsaturated/α-hetero) is 1. The van der Waals surface area contributed by atoms with E-state index in [-0.39, 0.29) is 22.3 Å². The van der Waals surface area contributed by atoms with E-state index >= 15 is 0 Å². The SMILES string of the molecule is CC1CN(c2ccc(S(=O)(=O)N3CCCCCC3)cc2[N+](=O)[O-])CCC1=O. The zero-order valence-corrected chi connectivity index (χ0v) is 16.3. The topological polar surface area (TPSA) is 101 Å². The number of nitrogens with zero attached hydrogens (tertiary/aromatic N) is 3. The van der Waals surface area contributed by atoms with E-state index in [1.54, 1.807) is 11.8 Å². The van der Waals surface area contributed by atoms with Gasteiger partial charge in [0.15, 0.2) is 0 Å². The summed E-state index contributed by atoms with van der Waals surface area (Å²) < 4.78 is 27.3. The van der Waals surface area contributed by atoms with Crippen LogP contribution in [0, 0.1) is 16.0 Å². The normalized spacial score (nSPS) is 22.5. The third kappa shape index (κ3) is 4.14. The van der Waals surface area contributed by atoms with Crippen LogP contribution in [0.3, 0.4) is 0 Å². The highest BCUT2D eigenvalue weighted by molar-refractivity contribution is 7.89. The van der Waals surface area contributed by atoms with E-state index in [4.69, 9.17) is 0 Å². The van der Waals surface area contributed by atoms with Gasteiger partial charge in [0.1, 0.15) is 11.5 Å². The molecule has 0 amide bonds. The number of nitro groups is 1. The van der Waals surface area contributed by atoms with Crippen LogP contribution in [0.15, 0.2) is 23.1 Å². The van der Waals surface area contributed by atoms with Crippen molar-refractivity contribution in [3.8, 4) is 0 Å². The molecule has 0 saturated carbocycles. The van der Waals surface area contributed by atoms with Crippen LogP contribution in [0.25, 0.3) is 0 Å². The maximum Gasteiger partial charge on any atom is 0.293 e. The molecule has 27 heavy (non-hydrogen) atoms. The second kappa shape index (κ2) is 7.93. The van der Waals surface area contributed by atoms with Gasteiger partial charge in [0.2, 0.25) is 10.0 Å². The maximum atomic E-state index is 12.9. The number of sulfonamides is 1. The van der Waals surface area contributed by atoms with E-state index in [0.29, 0.717) is 38.3 Å². The van der Waals surface area contributed by atoms with E-state index in [1.807, 2.05) is 0 Å². The summed E-state index contributed by atoms with van der Waals surface area (Å²) >= 11 is 0. The van der Waals surface area contributed by atoms with Gasteiger partial charge in [0.25, 0.3) is 5.69 Å². The highest BCUT2D eigenvalue weighted by Gasteiger charge is 2.31. The monoisotopic (exact) mass is 395 g/mol. The lowest BCUT2D eigenvalue weighted by Crippen LogP contribution is -2.40. The number of piperidine rings is 1. The minimum Gasteiger partial charge on any atom is -0.365 e. The minimum absolute atomic E-state index is 0.0408. The van der Waals surface area contributed by atoms with Crippen molar-refractivity contribution in [2.24, 2.45) is 5.92 Å². The number of rotatable bonds is 4. The van der Waals surface area contributed by atoms with Gasteiger partial charge in [0.05, 0.1) is 9.82 Å². The van der Waals surface area contributed by atoms with E-state index in [1.165, 1.54) is 16.4 Å². The molecule has 1 aromatic rings. The Morgan fingerprint density at radius 2 is 1.78 bits per heavy atom. The smallest absolute Gasteiger partial charge is 0.293 e. The first-order chi connectivity index (χ1) is 12.8. The Labute approximate surface area is 159 Å². The van der Waals surface area contributed by atoms with Gasteiger partial charge in [-0.05, 0) is 25.0 Å². The van der Waals surface area contributed by atoms with Gasteiger partial charge in [-0.25, -0.2) is 8.42 Å². The van der Waals surface area contributed by atoms with Crippen LogP contribution in [-0.2, 0) is 14.8 Å². The van der Waals surface area contributed by atoms with Crippen molar-refractivity contribution in [2.75, 3.05) is 31.1 Å². The Hall–Kier alpha value is -2.00. The molecule has 148 valence electrons. The van der Waals surface area contributed by atoms with Crippen molar-refractivity contribution in [3.05, 3.63) is 28.3 Å². The third-order valence-electron chi connectivity index (χ3n) is 5.36. The Bertz CT molecular complexity index is 831. The Morgan fingerprint density at radius 3 is 2.37 bits per heavy atom. The minimum atomic E-state index is -3.75. The predicted octanol–water partition coefficient (Wildman–Crippen LogP) is 2.57. The van der Waals surface area contributed by atoms with Gasteiger partial charge in [-0.15, -0.1) is 0 Å². The fourth-order valence-electron chi connectivity index (χ4n) is 3.74.